The Morgan fingerprint density at radius 1 is 1.27 bits per heavy atom. The van der Waals surface area contributed by atoms with Crippen molar-refractivity contribution < 1.29 is 9.59 Å². The van der Waals surface area contributed by atoms with Crippen molar-refractivity contribution in [3.63, 3.8) is 0 Å². The number of amides is 2. The minimum Gasteiger partial charge on any atom is -0.339 e. The lowest BCUT2D eigenvalue weighted by Gasteiger charge is -2.35. The molecular formula is C20H24N4O2. The van der Waals surface area contributed by atoms with E-state index in [9.17, 15) is 9.59 Å². The van der Waals surface area contributed by atoms with Gasteiger partial charge in [-0.2, -0.15) is 5.10 Å². The zero-order valence-electron chi connectivity index (χ0n) is 15.1. The molecule has 1 aromatic carbocycles. The Labute approximate surface area is 153 Å². The van der Waals surface area contributed by atoms with Gasteiger partial charge in [0.15, 0.2) is 0 Å². The maximum Gasteiger partial charge on any atom is 0.242 e. The molecular weight excluding hydrogens is 328 g/mol. The summed E-state index contributed by atoms with van der Waals surface area (Å²) in [6, 6.07) is 8.09. The fourth-order valence-corrected chi connectivity index (χ4v) is 3.93. The average Bonchev–Trinajstić information content (AvgIpc) is 3.10. The van der Waals surface area contributed by atoms with E-state index in [0.29, 0.717) is 13.0 Å². The predicted octanol–water partition coefficient (Wildman–Crippen LogP) is 2.33. The van der Waals surface area contributed by atoms with Gasteiger partial charge >= 0.3 is 0 Å². The topological polar surface area (TPSA) is 58.4 Å². The summed E-state index contributed by atoms with van der Waals surface area (Å²) < 4.78 is 1.97. The molecule has 6 heteroatoms. The average molecular weight is 352 g/mol. The molecule has 1 saturated heterocycles. The van der Waals surface area contributed by atoms with Crippen LogP contribution in [0.5, 0.6) is 0 Å². The zero-order valence-corrected chi connectivity index (χ0v) is 15.1. The predicted molar refractivity (Wildman–Crippen MR) is 98.9 cm³/mol. The third-order valence-corrected chi connectivity index (χ3v) is 5.34. The van der Waals surface area contributed by atoms with Crippen molar-refractivity contribution in [3.8, 4) is 0 Å². The molecule has 0 spiro atoms. The highest BCUT2D eigenvalue weighted by Crippen LogP contribution is 2.28. The molecule has 1 aromatic heterocycles. The van der Waals surface area contributed by atoms with Crippen molar-refractivity contribution in [2.45, 2.75) is 38.6 Å². The van der Waals surface area contributed by atoms with Crippen molar-refractivity contribution in [2.75, 3.05) is 24.5 Å². The van der Waals surface area contributed by atoms with Crippen LogP contribution in [0.3, 0.4) is 0 Å². The van der Waals surface area contributed by atoms with E-state index in [4.69, 9.17) is 0 Å². The van der Waals surface area contributed by atoms with Crippen LogP contribution in [0.2, 0.25) is 0 Å². The number of piperidine rings is 1. The van der Waals surface area contributed by atoms with Gasteiger partial charge in [-0.3, -0.25) is 14.3 Å². The third-order valence-electron chi connectivity index (χ3n) is 5.34. The van der Waals surface area contributed by atoms with Gasteiger partial charge in [0.25, 0.3) is 0 Å². The summed E-state index contributed by atoms with van der Waals surface area (Å²) in [6.07, 6.45) is 7.09. The van der Waals surface area contributed by atoms with E-state index in [-0.39, 0.29) is 24.4 Å². The van der Waals surface area contributed by atoms with Crippen molar-refractivity contribution in [2.24, 2.45) is 0 Å². The first-order valence-electron chi connectivity index (χ1n) is 9.28. The minimum absolute atomic E-state index is 0.0173. The molecule has 4 rings (SSSR count). The summed E-state index contributed by atoms with van der Waals surface area (Å²) in [7, 11) is 0. The Morgan fingerprint density at radius 2 is 2.12 bits per heavy atom. The molecule has 2 aliphatic rings. The number of hydrogen-bond acceptors (Lipinski definition) is 3. The molecule has 136 valence electrons. The van der Waals surface area contributed by atoms with Crippen LogP contribution in [0.25, 0.3) is 0 Å². The molecule has 0 N–H and O–H groups in total. The van der Waals surface area contributed by atoms with Crippen LogP contribution in [0, 0.1) is 6.92 Å². The second-order valence-corrected chi connectivity index (χ2v) is 7.24. The van der Waals surface area contributed by atoms with E-state index in [1.54, 1.807) is 4.90 Å². The number of para-hydroxylation sites is 1. The summed E-state index contributed by atoms with van der Waals surface area (Å²) in [4.78, 5) is 28.9. The summed E-state index contributed by atoms with van der Waals surface area (Å²) in [6.45, 7) is 3.55. The molecule has 3 heterocycles. The first-order valence-corrected chi connectivity index (χ1v) is 9.28. The van der Waals surface area contributed by atoms with Gasteiger partial charge in [-0.15, -0.1) is 0 Å². The summed E-state index contributed by atoms with van der Waals surface area (Å²) in [5.41, 5.74) is 3.15. The van der Waals surface area contributed by atoms with E-state index in [2.05, 4.69) is 5.10 Å². The molecule has 0 radical (unpaired) electrons. The number of likely N-dealkylation sites (tertiary alicyclic amines) is 1. The molecule has 2 aliphatic heterocycles. The van der Waals surface area contributed by atoms with E-state index >= 15 is 0 Å². The Bertz CT molecular complexity index is 829. The fourth-order valence-electron chi connectivity index (χ4n) is 3.93. The molecule has 26 heavy (non-hydrogen) atoms. The van der Waals surface area contributed by atoms with Gasteiger partial charge in [0, 0.05) is 31.4 Å². The first kappa shape index (κ1) is 16.8. The quantitative estimate of drug-likeness (QED) is 0.852. The van der Waals surface area contributed by atoms with Gasteiger partial charge in [0.05, 0.1) is 12.2 Å². The molecule has 1 unspecified atom stereocenters. The smallest absolute Gasteiger partial charge is 0.242 e. The molecule has 0 bridgehead atoms. The molecule has 1 atom stereocenters. The minimum atomic E-state index is 0.0173. The Morgan fingerprint density at radius 3 is 2.92 bits per heavy atom. The Hall–Kier alpha value is -2.63. The number of hydrogen-bond donors (Lipinski definition) is 0. The van der Waals surface area contributed by atoms with Crippen LogP contribution in [0.1, 0.15) is 36.4 Å². The number of nitrogens with zero attached hydrogens (tertiary/aromatic N) is 4. The number of aryl methyl sites for hydroxylation is 2. The Balaban J connectivity index is 1.47. The number of carbonyl (C=O) groups is 2. The number of aromatic nitrogens is 2. The van der Waals surface area contributed by atoms with Crippen LogP contribution in [-0.2, 0) is 16.0 Å². The van der Waals surface area contributed by atoms with Crippen LogP contribution < -0.4 is 4.90 Å². The summed E-state index contributed by atoms with van der Waals surface area (Å²) in [5.74, 6) is 0.0527. The molecule has 0 aliphatic carbocycles. The van der Waals surface area contributed by atoms with Crippen molar-refractivity contribution in [3.05, 3.63) is 47.8 Å². The van der Waals surface area contributed by atoms with Gasteiger partial charge in [-0.05, 0) is 43.4 Å². The highest BCUT2D eigenvalue weighted by atomic mass is 16.2. The van der Waals surface area contributed by atoms with Gasteiger partial charge in [0.2, 0.25) is 11.8 Å². The highest BCUT2D eigenvalue weighted by molar-refractivity contribution is 6.01. The standard InChI is InChI=1S/C20H24N4O2/c1-15-11-21-24(12-15)17-6-4-10-22(13-17)20(26)14-23-18-7-3-2-5-16(18)8-9-19(23)25/h2-3,5,7,11-12,17H,4,6,8-10,13-14H2,1H3. The van der Waals surface area contributed by atoms with E-state index in [0.717, 1.165) is 42.6 Å². The van der Waals surface area contributed by atoms with Crippen LogP contribution in [0.15, 0.2) is 36.7 Å². The number of fused-ring (bicyclic) bond motifs is 1. The molecule has 6 nitrogen and oxygen atoms in total. The van der Waals surface area contributed by atoms with Gasteiger partial charge in [0.1, 0.15) is 6.54 Å². The van der Waals surface area contributed by atoms with Crippen molar-refractivity contribution >= 4 is 17.5 Å². The second kappa shape index (κ2) is 6.94. The lowest BCUT2D eigenvalue weighted by molar-refractivity contribution is -0.133. The van der Waals surface area contributed by atoms with E-state index < -0.39 is 0 Å². The van der Waals surface area contributed by atoms with Crippen LogP contribution in [0.4, 0.5) is 5.69 Å². The van der Waals surface area contributed by atoms with E-state index in [1.165, 1.54) is 0 Å². The largest absolute Gasteiger partial charge is 0.339 e. The number of anilines is 1. The number of carbonyl (C=O) groups excluding carboxylic acids is 2. The van der Waals surface area contributed by atoms with Crippen molar-refractivity contribution in [1.29, 1.82) is 0 Å². The Kier molecular flexibility index (Phi) is 4.49. The lowest BCUT2D eigenvalue weighted by Crippen LogP contribution is -2.48. The second-order valence-electron chi connectivity index (χ2n) is 7.24. The van der Waals surface area contributed by atoms with Crippen LogP contribution >= 0.6 is 0 Å². The molecule has 0 saturated carbocycles. The normalized spacial score (nSPS) is 20.2. The first-order chi connectivity index (χ1) is 12.6. The summed E-state index contributed by atoms with van der Waals surface area (Å²) in [5, 5.41) is 4.40. The molecule has 2 aromatic rings. The maximum absolute atomic E-state index is 12.9. The van der Waals surface area contributed by atoms with Gasteiger partial charge in [-0.25, -0.2) is 0 Å². The molecule has 1 fully saturated rings. The summed E-state index contributed by atoms with van der Waals surface area (Å²) >= 11 is 0. The maximum atomic E-state index is 12.9. The lowest BCUT2D eigenvalue weighted by atomic mass is 10.0. The fraction of sp³-hybridized carbons (Fsp3) is 0.450. The number of rotatable bonds is 3. The monoisotopic (exact) mass is 352 g/mol. The van der Waals surface area contributed by atoms with Crippen LogP contribution in [-0.4, -0.2) is 46.1 Å². The SMILES string of the molecule is Cc1cnn(C2CCCN(C(=O)CN3C(=O)CCc4ccccc43)C2)c1. The van der Waals surface area contributed by atoms with Gasteiger partial charge < -0.3 is 9.80 Å². The van der Waals surface area contributed by atoms with Gasteiger partial charge in [-0.1, -0.05) is 18.2 Å². The third kappa shape index (κ3) is 3.23. The van der Waals surface area contributed by atoms with Crippen molar-refractivity contribution in [1.82, 2.24) is 14.7 Å². The van der Waals surface area contributed by atoms with E-state index in [1.807, 2.05) is 53.2 Å². The molecule has 2 amide bonds. The zero-order chi connectivity index (χ0) is 18.1. The highest BCUT2D eigenvalue weighted by Gasteiger charge is 2.30. The number of benzene rings is 1.